The lowest BCUT2D eigenvalue weighted by Crippen LogP contribution is -2.49. The van der Waals surface area contributed by atoms with Gasteiger partial charge in [-0.2, -0.15) is 0 Å². The topological polar surface area (TPSA) is 29.5 Å². The number of aliphatic hydroxyl groups excluding tert-OH is 1. The lowest BCUT2D eigenvalue weighted by Gasteiger charge is -2.43. The SMILES string of the molecule is CC(C)[Si](OC1C=CC(O)C1)(C(C)C)C(C)C. The van der Waals surface area contributed by atoms with Crippen LogP contribution in [0.4, 0.5) is 0 Å². The van der Waals surface area contributed by atoms with Crippen LogP contribution in [-0.4, -0.2) is 25.6 Å². The molecule has 0 heterocycles. The Morgan fingerprint density at radius 3 is 1.76 bits per heavy atom. The molecule has 0 bridgehead atoms. The first-order valence-electron chi connectivity index (χ1n) is 6.84. The Kier molecular flexibility index (Phi) is 4.99. The van der Waals surface area contributed by atoms with E-state index in [4.69, 9.17) is 4.43 Å². The van der Waals surface area contributed by atoms with Gasteiger partial charge in [0.1, 0.15) is 0 Å². The number of rotatable bonds is 5. The monoisotopic (exact) mass is 256 g/mol. The van der Waals surface area contributed by atoms with Crippen molar-refractivity contribution < 1.29 is 9.53 Å². The molecule has 0 spiro atoms. The normalized spacial score (nSPS) is 25.5. The van der Waals surface area contributed by atoms with Gasteiger partial charge in [-0.15, -0.1) is 0 Å². The van der Waals surface area contributed by atoms with Crippen LogP contribution in [0, 0.1) is 0 Å². The Hall–Kier alpha value is -0.123. The average Bonchev–Trinajstić information content (AvgIpc) is 2.58. The Morgan fingerprint density at radius 1 is 1.00 bits per heavy atom. The van der Waals surface area contributed by atoms with Crippen molar-refractivity contribution in [2.45, 2.75) is 76.8 Å². The number of hydrogen-bond donors (Lipinski definition) is 1. The molecular weight excluding hydrogens is 228 g/mol. The van der Waals surface area contributed by atoms with Crippen molar-refractivity contribution in [3.8, 4) is 0 Å². The van der Waals surface area contributed by atoms with Gasteiger partial charge in [0.05, 0.1) is 12.2 Å². The molecular formula is C14H28O2Si. The van der Waals surface area contributed by atoms with E-state index in [-0.39, 0.29) is 12.2 Å². The molecule has 0 aromatic carbocycles. The van der Waals surface area contributed by atoms with Gasteiger partial charge in [0, 0.05) is 6.42 Å². The Bertz CT molecular complexity index is 250. The van der Waals surface area contributed by atoms with E-state index in [1.54, 1.807) is 0 Å². The summed E-state index contributed by atoms with van der Waals surface area (Å²) in [7, 11) is -1.78. The predicted octanol–water partition coefficient (Wildman–Crippen LogP) is 3.87. The van der Waals surface area contributed by atoms with E-state index in [0.717, 1.165) is 6.42 Å². The van der Waals surface area contributed by atoms with E-state index in [2.05, 4.69) is 41.5 Å². The third kappa shape index (κ3) is 3.01. The summed E-state index contributed by atoms with van der Waals surface area (Å²) in [5.74, 6) is 0. The molecule has 1 aliphatic rings. The smallest absolute Gasteiger partial charge is 0.201 e. The summed E-state index contributed by atoms with van der Waals surface area (Å²) in [4.78, 5) is 0. The molecule has 0 saturated carbocycles. The standard InChI is InChI=1S/C14H28O2Si/c1-10(2)17(11(3)4,12(5)6)16-14-8-7-13(15)9-14/h7-8,10-15H,9H2,1-6H3. The van der Waals surface area contributed by atoms with Crippen molar-refractivity contribution in [2.75, 3.05) is 0 Å². The van der Waals surface area contributed by atoms with Gasteiger partial charge in [-0.05, 0) is 16.6 Å². The van der Waals surface area contributed by atoms with E-state index >= 15 is 0 Å². The largest absolute Gasteiger partial charge is 0.410 e. The van der Waals surface area contributed by atoms with Crippen molar-refractivity contribution in [3.05, 3.63) is 12.2 Å². The van der Waals surface area contributed by atoms with Gasteiger partial charge in [0.2, 0.25) is 8.32 Å². The van der Waals surface area contributed by atoms with Crippen molar-refractivity contribution >= 4 is 8.32 Å². The third-order valence-corrected chi connectivity index (χ3v) is 10.2. The molecule has 3 heteroatoms. The molecule has 2 nitrogen and oxygen atoms in total. The molecule has 0 saturated heterocycles. The molecule has 0 fully saturated rings. The van der Waals surface area contributed by atoms with Gasteiger partial charge in [-0.25, -0.2) is 0 Å². The van der Waals surface area contributed by atoms with Crippen molar-refractivity contribution in [1.29, 1.82) is 0 Å². The van der Waals surface area contributed by atoms with Crippen LogP contribution in [0.3, 0.4) is 0 Å². The lowest BCUT2D eigenvalue weighted by molar-refractivity contribution is 0.152. The van der Waals surface area contributed by atoms with Crippen LogP contribution in [0.2, 0.25) is 16.6 Å². The summed E-state index contributed by atoms with van der Waals surface area (Å²) >= 11 is 0. The molecule has 0 radical (unpaired) electrons. The first kappa shape index (κ1) is 14.9. The number of hydrogen-bond acceptors (Lipinski definition) is 2. The van der Waals surface area contributed by atoms with Crippen LogP contribution < -0.4 is 0 Å². The van der Waals surface area contributed by atoms with Gasteiger partial charge in [-0.1, -0.05) is 53.7 Å². The molecule has 0 aliphatic heterocycles. The van der Waals surface area contributed by atoms with Crippen LogP contribution in [0.15, 0.2) is 12.2 Å². The average molecular weight is 256 g/mol. The van der Waals surface area contributed by atoms with Crippen molar-refractivity contribution in [2.24, 2.45) is 0 Å². The zero-order valence-electron chi connectivity index (χ0n) is 12.1. The fourth-order valence-electron chi connectivity index (χ4n) is 3.41. The highest BCUT2D eigenvalue weighted by Crippen LogP contribution is 2.43. The van der Waals surface area contributed by atoms with Crippen molar-refractivity contribution in [3.63, 3.8) is 0 Å². The predicted molar refractivity (Wildman–Crippen MR) is 75.7 cm³/mol. The Labute approximate surface area is 107 Å². The summed E-state index contributed by atoms with van der Waals surface area (Å²) in [6.45, 7) is 13.8. The fraction of sp³-hybridized carbons (Fsp3) is 0.857. The molecule has 2 atom stereocenters. The van der Waals surface area contributed by atoms with E-state index in [1.165, 1.54) is 0 Å². The van der Waals surface area contributed by atoms with E-state index in [1.807, 2.05) is 12.2 Å². The minimum atomic E-state index is -1.78. The van der Waals surface area contributed by atoms with Gasteiger partial charge < -0.3 is 9.53 Å². The second-order valence-electron chi connectivity index (χ2n) is 6.16. The van der Waals surface area contributed by atoms with Gasteiger partial charge in [-0.3, -0.25) is 0 Å². The maximum absolute atomic E-state index is 9.56. The van der Waals surface area contributed by atoms with Gasteiger partial charge >= 0.3 is 0 Å². The minimum absolute atomic E-state index is 0.129. The highest BCUT2D eigenvalue weighted by Gasteiger charge is 2.46. The van der Waals surface area contributed by atoms with Crippen LogP contribution >= 0.6 is 0 Å². The first-order valence-corrected chi connectivity index (χ1v) is 8.98. The van der Waals surface area contributed by atoms with E-state index in [9.17, 15) is 5.11 Å². The molecule has 1 rings (SSSR count). The van der Waals surface area contributed by atoms with Crippen LogP contribution in [0.5, 0.6) is 0 Å². The van der Waals surface area contributed by atoms with Gasteiger partial charge in [0.25, 0.3) is 0 Å². The quantitative estimate of drug-likeness (QED) is 0.598. The Balaban J connectivity index is 2.87. The molecule has 100 valence electrons. The Morgan fingerprint density at radius 2 is 1.47 bits per heavy atom. The van der Waals surface area contributed by atoms with Crippen LogP contribution in [0.25, 0.3) is 0 Å². The highest BCUT2D eigenvalue weighted by molar-refractivity contribution is 6.77. The summed E-state index contributed by atoms with van der Waals surface area (Å²) in [5, 5.41) is 9.56. The molecule has 0 aromatic heterocycles. The fourth-order valence-corrected chi connectivity index (χ4v) is 8.92. The second kappa shape index (κ2) is 5.68. The molecule has 1 aliphatic carbocycles. The molecule has 17 heavy (non-hydrogen) atoms. The second-order valence-corrected chi connectivity index (χ2v) is 11.6. The summed E-state index contributed by atoms with van der Waals surface area (Å²) in [5.41, 5.74) is 1.82. The van der Waals surface area contributed by atoms with E-state index < -0.39 is 8.32 Å². The summed E-state index contributed by atoms with van der Waals surface area (Å²) in [6.07, 6.45) is 4.47. The third-order valence-electron chi connectivity index (χ3n) is 4.08. The molecule has 0 amide bonds. The van der Waals surface area contributed by atoms with Gasteiger partial charge in [0.15, 0.2) is 0 Å². The molecule has 1 N–H and O–H groups in total. The highest BCUT2D eigenvalue weighted by atomic mass is 28.4. The zero-order valence-corrected chi connectivity index (χ0v) is 13.1. The summed E-state index contributed by atoms with van der Waals surface area (Å²) in [6, 6.07) is 0. The summed E-state index contributed by atoms with van der Waals surface area (Å²) < 4.78 is 6.55. The van der Waals surface area contributed by atoms with Crippen molar-refractivity contribution in [1.82, 2.24) is 0 Å². The maximum Gasteiger partial charge on any atom is 0.201 e. The van der Waals surface area contributed by atoms with Crippen LogP contribution in [0.1, 0.15) is 48.0 Å². The molecule has 2 unspecified atom stereocenters. The lowest BCUT2D eigenvalue weighted by atomic mass is 10.3. The number of aliphatic hydroxyl groups is 1. The maximum atomic E-state index is 9.56. The first-order chi connectivity index (χ1) is 7.80. The zero-order chi connectivity index (χ0) is 13.2. The molecule has 0 aromatic rings. The van der Waals surface area contributed by atoms with Crippen LogP contribution in [-0.2, 0) is 4.43 Å². The minimum Gasteiger partial charge on any atom is -0.410 e. The van der Waals surface area contributed by atoms with E-state index in [0.29, 0.717) is 16.6 Å².